The molecule has 0 amide bonds. The van der Waals surface area contributed by atoms with Crippen molar-refractivity contribution in [1.82, 2.24) is 0 Å². The van der Waals surface area contributed by atoms with Crippen molar-refractivity contribution in [2.24, 2.45) is 0 Å². The maximum Gasteiger partial charge on any atom is 0.472 e. The van der Waals surface area contributed by atoms with Crippen molar-refractivity contribution >= 4 is 27.6 Å². The van der Waals surface area contributed by atoms with Gasteiger partial charge in [0.05, 0.1) is 12.7 Å². The van der Waals surface area contributed by atoms with E-state index in [9.17, 15) is 58.9 Å². The molecule has 0 aromatic carbocycles. The van der Waals surface area contributed by atoms with Crippen molar-refractivity contribution in [3.05, 3.63) is 72.9 Å². The minimum Gasteiger partial charge on any atom is -0.462 e. The summed E-state index contributed by atoms with van der Waals surface area (Å²) >= 11 is 0. The second-order valence-electron chi connectivity index (χ2n) is 17.0. The number of hydrogen-bond donors (Lipinski definition) is 8. The van der Waals surface area contributed by atoms with E-state index in [1.807, 2.05) is 24.3 Å². The Morgan fingerprint density at radius 3 is 1.59 bits per heavy atom. The largest absolute Gasteiger partial charge is 0.472 e. The molecule has 1 aliphatic rings. The molecule has 68 heavy (non-hydrogen) atoms. The molecule has 0 radical (unpaired) electrons. The van der Waals surface area contributed by atoms with Gasteiger partial charge in [-0.05, 0) is 70.6 Å². The summed E-state index contributed by atoms with van der Waals surface area (Å²) in [5.41, 5.74) is 0. The van der Waals surface area contributed by atoms with E-state index in [0.717, 1.165) is 32.1 Å². The molecule has 1 aliphatic carbocycles. The van der Waals surface area contributed by atoms with E-state index in [1.54, 1.807) is 12.2 Å². The van der Waals surface area contributed by atoms with E-state index in [1.165, 1.54) is 77.0 Å². The number of esters is 2. The lowest BCUT2D eigenvalue weighted by molar-refractivity contribution is -0.216. The highest BCUT2D eigenvalue weighted by Gasteiger charge is 2.54. The van der Waals surface area contributed by atoms with Crippen molar-refractivity contribution in [3.8, 4) is 0 Å². The van der Waals surface area contributed by atoms with Crippen LogP contribution in [0.15, 0.2) is 72.9 Å². The number of phosphoric ester groups is 2. The van der Waals surface area contributed by atoms with Crippen LogP contribution in [-0.4, -0.2) is 114 Å². The zero-order chi connectivity index (χ0) is 50.5. The van der Waals surface area contributed by atoms with Crippen LogP contribution >= 0.6 is 15.6 Å². The number of phosphoric acid groups is 2. The first-order valence-electron chi connectivity index (χ1n) is 24.6. The first-order valence-corrected chi connectivity index (χ1v) is 27.6. The Bertz CT molecular complexity index is 1610. The van der Waals surface area contributed by atoms with Gasteiger partial charge in [-0.3, -0.25) is 23.2 Å². The number of ether oxygens (including phenoxy) is 2. The maximum atomic E-state index is 13.0. The van der Waals surface area contributed by atoms with Crippen LogP contribution in [0.3, 0.4) is 0 Å². The summed E-state index contributed by atoms with van der Waals surface area (Å²) in [4.78, 5) is 54.3. The van der Waals surface area contributed by atoms with E-state index in [2.05, 4.69) is 54.8 Å². The lowest BCUT2D eigenvalue weighted by atomic mass is 9.85. The first-order chi connectivity index (χ1) is 32.5. The molecule has 1 rings (SSSR count). The van der Waals surface area contributed by atoms with Crippen molar-refractivity contribution < 1.29 is 82.0 Å². The average molecular weight is 1010 g/mol. The van der Waals surface area contributed by atoms with E-state index < -0.39 is 89.6 Å². The van der Waals surface area contributed by atoms with Gasteiger partial charge in [0.1, 0.15) is 43.2 Å². The highest BCUT2D eigenvalue weighted by atomic mass is 31.2. The Balaban J connectivity index is 2.70. The molecule has 8 N–H and O–H groups in total. The van der Waals surface area contributed by atoms with E-state index in [-0.39, 0.29) is 25.7 Å². The van der Waals surface area contributed by atoms with Crippen LogP contribution in [0, 0.1) is 0 Å². The fourth-order valence-electron chi connectivity index (χ4n) is 6.99. The molecule has 0 aromatic heterocycles. The first kappa shape index (κ1) is 63.4. The molecule has 392 valence electrons. The van der Waals surface area contributed by atoms with Gasteiger partial charge >= 0.3 is 27.6 Å². The third-order valence-electron chi connectivity index (χ3n) is 10.9. The van der Waals surface area contributed by atoms with Gasteiger partial charge < -0.3 is 49.7 Å². The molecule has 19 heteroatoms. The second-order valence-corrected chi connectivity index (χ2v) is 19.6. The quantitative estimate of drug-likeness (QED) is 0.00938. The van der Waals surface area contributed by atoms with Gasteiger partial charge in [0.2, 0.25) is 0 Å². The van der Waals surface area contributed by atoms with Crippen LogP contribution in [0.2, 0.25) is 0 Å². The van der Waals surface area contributed by atoms with E-state index in [4.69, 9.17) is 18.5 Å². The van der Waals surface area contributed by atoms with Crippen molar-refractivity contribution in [2.45, 2.75) is 210 Å². The standard InChI is InChI=1S/C49H84O17P2/c1-3-5-7-9-11-13-15-17-18-19-20-22-24-26-28-30-32-36-43(52)64-41(39-63-68(60,61)66-49-46(55)44(53)45(54)48(47(49)56)65-67(57,58)59)38-62-42(51)37-33-35-40(50)34-31-29-27-25-23-21-16-14-12-10-8-6-4-2/h17-18,20-23,26-29,31,34,40-41,44-50,53-56H,3-16,19,24-25,30,32-33,35-39H2,1-2H3,(H,60,61)(H2,57,58,59)/b18-17-,22-20-,23-21+,28-26-,29-27+,34-31+/t40?,41-,44?,45?,46?,47?,48-,49+/m1/s1. The molecular weight excluding hydrogens is 922 g/mol. The zero-order valence-corrected chi connectivity index (χ0v) is 42.2. The Labute approximate surface area is 404 Å². The minimum absolute atomic E-state index is 0.0699. The molecular formula is C49H84O17P2. The summed E-state index contributed by atoms with van der Waals surface area (Å²) in [7, 11) is -10.8. The number of rotatable bonds is 40. The number of hydrogen-bond acceptors (Lipinski definition) is 14. The third-order valence-corrected chi connectivity index (χ3v) is 12.4. The van der Waals surface area contributed by atoms with E-state index in [0.29, 0.717) is 12.8 Å². The van der Waals surface area contributed by atoms with Crippen LogP contribution in [0.1, 0.15) is 162 Å². The second kappa shape index (κ2) is 39.1. The van der Waals surface area contributed by atoms with Crippen LogP contribution < -0.4 is 0 Å². The smallest absolute Gasteiger partial charge is 0.462 e. The van der Waals surface area contributed by atoms with Crippen molar-refractivity contribution in [2.75, 3.05) is 13.2 Å². The molecule has 0 bridgehead atoms. The molecule has 0 saturated heterocycles. The number of allylic oxidation sites excluding steroid dienone is 11. The normalized spacial score (nSPS) is 22.3. The van der Waals surface area contributed by atoms with Crippen molar-refractivity contribution in [1.29, 1.82) is 0 Å². The zero-order valence-electron chi connectivity index (χ0n) is 40.4. The molecule has 0 aliphatic heterocycles. The molecule has 0 aromatic rings. The van der Waals surface area contributed by atoms with Gasteiger partial charge in [-0.1, -0.05) is 151 Å². The lowest BCUT2D eigenvalue weighted by Crippen LogP contribution is -2.64. The maximum absolute atomic E-state index is 13.0. The van der Waals surface area contributed by atoms with Gasteiger partial charge in [0.25, 0.3) is 0 Å². The van der Waals surface area contributed by atoms with Crippen LogP contribution in [0.4, 0.5) is 0 Å². The summed E-state index contributed by atoms with van der Waals surface area (Å²) in [6.07, 6.45) is 28.9. The molecule has 9 atom stereocenters. The summed E-state index contributed by atoms with van der Waals surface area (Å²) in [6, 6.07) is 0. The molecule has 6 unspecified atom stereocenters. The molecule has 0 spiro atoms. The highest BCUT2D eigenvalue weighted by molar-refractivity contribution is 7.47. The highest BCUT2D eigenvalue weighted by Crippen LogP contribution is 2.49. The summed E-state index contributed by atoms with van der Waals surface area (Å²) in [5.74, 6) is -1.47. The summed E-state index contributed by atoms with van der Waals surface area (Å²) < 4.78 is 49.2. The molecule has 1 fully saturated rings. The summed E-state index contributed by atoms with van der Waals surface area (Å²) in [6.45, 7) is 2.89. The molecule has 0 heterocycles. The molecule has 17 nitrogen and oxygen atoms in total. The van der Waals surface area contributed by atoms with Crippen LogP contribution in [0.5, 0.6) is 0 Å². The predicted molar refractivity (Wildman–Crippen MR) is 261 cm³/mol. The van der Waals surface area contributed by atoms with Gasteiger partial charge in [0.15, 0.2) is 6.10 Å². The Morgan fingerprint density at radius 2 is 1.03 bits per heavy atom. The van der Waals surface area contributed by atoms with Gasteiger partial charge in [-0.2, -0.15) is 0 Å². The van der Waals surface area contributed by atoms with Gasteiger partial charge in [0, 0.05) is 12.8 Å². The number of unbranched alkanes of at least 4 members (excludes halogenated alkanes) is 13. The fourth-order valence-corrected chi connectivity index (χ4v) is 8.53. The van der Waals surface area contributed by atoms with Gasteiger partial charge in [-0.25, -0.2) is 9.13 Å². The fraction of sp³-hybridized carbons (Fsp3) is 0.714. The number of aliphatic hydroxyl groups is 5. The Hall–Kier alpha value is -2.60. The van der Waals surface area contributed by atoms with Crippen molar-refractivity contribution in [3.63, 3.8) is 0 Å². The minimum atomic E-state index is -5.39. The number of carbonyl (C=O) groups is 2. The Kier molecular flexibility index (Phi) is 36.4. The third kappa shape index (κ3) is 33.1. The Morgan fingerprint density at radius 1 is 0.544 bits per heavy atom. The summed E-state index contributed by atoms with van der Waals surface area (Å²) in [5, 5.41) is 51.6. The number of aliphatic hydroxyl groups excluding tert-OH is 5. The topological polar surface area (TPSA) is 276 Å². The molecule has 1 saturated carbocycles. The van der Waals surface area contributed by atoms with E-state index >= 15 is 0 Å². The van der Waals surface area contributed by atoms with Gasteiger partial charge in [-0.15, -0.1) is 0 Å². The van der Waals surface area contributed by atoms with Crippen LogP contribution in [0.25, 0.3) is 0 Å². The monoisotopic (exact) mass is 1010 g/mol. The predicted octanol–water partition coefficient (Wildman–Crippen LogP) is 8.59. The SMILES string of the molecule is CCCCCCCC/C=C\C/C=C\C/C=C\CCCC(=O)O[C@H](COC(=O)CCCC(O)/C=C/C=C/C/C=C/CCCCCCCC)COP(=O)(O)O[C@H]1C(O)C(O)C(O)[C@@H](OP(=O)(O)O)C1O. The number of carbonyl (C=O) groups excluding carboxylic acids is 2. The lowest BCUT2D eigenvalue weighted by Gasteiger charge is -2.43. The average Bonchev–Trinajstić information content (AvgIpc) is 3.29. The van der Waals surface area contributed by atoms with Crippen LogP contribution in [-0.2, 0) is 41.8 Å².